The van der Waals surface area contributed by atoms with E-state index in [1.54, 1.807) is 19.0 Å². The summed E-state index contributed by atoms with van der Waals surface area (Å²) < 4.78 is 52.6. The number of hydrogen-bond donors (Lipinski definition) is 1. The van der Waals surface area contributed by atoms with E-state index in [-0.39, 0.29) is 42.2 Å². The van der Waals surface area contributed by atoms with Crippen LogP contribution in [0, 0.1) is 17.6 Å². The van der Waals surface area contributed by atoms with Crippen LogP contribution in [0.15, 0.2) is 23.1 Å². The lowest BCUT2D eigenvalue weighted by Crippen LogP contribution is -2.44. The molecule has 6 nitrogen and oxygen atoms in total. The zero-order valence-corrected chi connectivity index (χ0v) is 16.4. The monoisotopic (exact) mass is 411 g/mol. The summed E-state index contributed by atoms with van der Waals surface area (Å²) in [5.41, 5.74) is 0. The maximum Gasteiger partial charge on any atom is 0.243 e. The molecule has 0 unspecified atom stereocenters. The topological polar surface area (TPSA) is 69.7 Å². The second-order valence-electron chi connectivity index (χ2n) is 6.12. The van der Waals surface area contributed by atoms with Gasteiger partial charge in [0.05, 0.1) is 4.90 Å². The van der Waals surface area contributed by atoms with E-state index >= 15 is 0 Å². The van der Waals surface area contributed by atoms with Crippen LogP contribution < -0.4 is 5.32 Å². The minimum Gasteiger partial charge on any atom is -0.344 e. The summed E-state index contributed by atoms with van der Waals surface area (Å²) in [7, 11) is -0.361. The van der Waals surface area contributed by atoms with Crippen molar-refractivity contribution in [2.75, 3.05) is 40.3 Å². The minimum absolute atomic E-state index is 0. The molecule has 1 aromatic rings. The number of carbonyl (C=O) groups is 1. The Morgan fingerprint density at radius 3 is 2.42 bits per heavy atom. The van der Waals surface area contributed by atoms with E-state index in [4.69, 9.17) is 0 Å². The van der Waals surface area contributed by atoms with E-state index in [2.05, 4.69) is 5.32 Å². The van der Waals surface area contributed by atoms with Gasteiger partial charge in [-0.2, -0.15) is 4.31 Å². The number of likely N-dealkylation sites (N-methyl/N-ethyl adjacent to an activating group) is 2. The van der Waals surface area contributed by atoms with Gasteiger partial charge in [0.2, 0.25) is 15.9 Å². The van der Waals surface area contributed by atoms with Gasteiger partial charge in [0.15, 0.2) is 11.6 Å². The van der Waals surface area contributed by atoms with Gasteiger partial charge in [-0.3, -0.25) is 4.79 Å². The van der Waals surface area contributed by atoms with Crippen molar-refractivity contribution in [1.29, 1.82) is 0 Å². The van der Waals surface area contributed by atoms with Crippen molar-refractivity contribution in [3.05, 3.63) is 29.8 Å². The Morgan fingerprint density at radius 2 is 1.88 bits per heavy atom. The fourth-order valence-electron chi connectivity index (χ4n) is 2.83. The molecular formula is C16H24ClF2N3O3S. The number of rotatable bonds is 6. The first-order valence-electron chi connectivity index (χ1n) is 8.12. The Hall–Kier alpha value is -1.29. The van der Waals surface area contributed by atoms with E-state index in [1.807, 2.05) is 0 Å². The number of benzene rings is 1. The molecular weight excluding hydrogens is 388 g/mol. The number of hydrogen-bond acceptors (Lipinski definition) is 4. The van der Waals surface area contributed by atoms with Gasteiger partial charge in [-0.25, -0.2) is 17.2 Å². The molecule has 0 aliphatic carbocycles. The molecule has 1 N–H and O–H groups in total. The molecule has 0 aromatic heterocycles. The number of nitrogens with zero attached hydrogens (tertiary/aromatic N) is 2. The van der Waals surface area contributed by atoms with Crippen LogP contribution in [0.5, 0.6) is 0 Å². The third-order valence-electron chi connectivity index (χ3n) is 4.41. The van der Waals surface area contributed by atoms with E-state index < -0.39 is 21.7 Å². The third-order valence-corrected chi connectivity index (χ3v) is 6.30. The van der Waals surface area contributed by atoms with Crippen LogP contribution in [-0.2, 0) is 14.8 Å². The molecule has 2 rings (SSSR count). The van der Waals surface area contributed by atoms with Crippen LogP contribution in [-0.4, -0.2) is 63.8 Å². The molecule has 1 aromatic carbocycles. The van der Waals surface area contributed by atoms with Gasteiger partial charge in [-0.05, 0) is 38.1 Å². The second-order valence-corrected chi connectivity index (χ2v) is 8.06. The minimum atomic E-state index is -3.89. The number of halogens is 3. The van der Waals surface area contributed by atoms with Crippen LogP contribution in [0.25, 0.3) is 0 Å². The third kappa shape index (κ3) is 5.12. The Bertz CT molecular complexity index is 725. The Kier molecular flexibility index (Phi) is 8.39. The van der Waals surface area contributed by atoms with Crippen molar-refractivity contribution in [2.24, 2.45) is 5.92 Å². The zero-order valence-electron chi connectivity index (χ0n) is 14.7. The summed E-state index contributed by atoms with van der Waals surface area (Å²) in [5, 5.41) is 2.97. The van der Waals surface area contributed by atoms with Crippen LogP contribution >= 0.6 is 12.4 Å². The smallest absolute Gasteiger partial charge is 0.243 e. The zero-order chi connectivity index (χ0) is 18.6. The van der Waals surface area contributed by atoms with Crippen molar-refractivity contribution < 1.29 is 22.0 Å². The lowest BCUT2D eigenvalue weighted by Gasteiger charge is -2.32. The van der Waals surface area contributed by atoms with Crippen LogP contribution in [0.2, 0.25) is 0 Å². The lowest BCUT2D eigenvalue weighted by molar-refractivity contribution is -0.135. The maximum absolute atomic E-state index is 13.3. The summed E-state index contributed by atoms with van der Waals surface area (Å²) in [6.45, 7) is 1.63. The van der Waals surface area contributed by atoms with Crippen LogP contribution in [0.4, 0.5) is 8.78 Å². The highest BCUT2D eigenvalue weighted by Crippen LogP contribution is 2.25. The highest BCUT2D eigenvalue weighted by Gasteiger charge is 2.33. The van der Waals surface area contributed by atoms with Crippen molar-refractivity contribution >= 4 is 28.3 Å². The second kappa shape index (κ2) is 9.59. The van der Waals surface area contributed by atoms with E-state index in [0.717, 1.165) is 12.1 Å². The van der Waals surface area contributed by atoms with Gasteiger partial charge >= 0.3 is 0 Å². The van der Waals surface area contributed by atoms with Crippen molar-refractivity contribution in [3.63, 3.8) is 0 Å². The average molecular weight is 412 g/mol. The molecule has 1 aliphatic rings. The summed E-state index contributed by atoms with van der Waals surface area (Å²) in [6.07, 6.45) is 0.817. The molecule has 1 heterocycles. The number of piperidine rings is 1. The molecule has 0 atom stereocenters. The van der Waals surface area contributed by atoms with E-state index in [9.17, 15) is 22.0 Å². The van der Waals surface area contributed by atoms with Crippen LogP contribution in [0.1, 0.15) is 12.8 Å². The highest BCUT2D eigenvalue weighted by atomic mass is 35.5. The van der Waals surface area contributed by atoms with Gasteiger partial charge in [0, 0.05) is 39.1 Å². The molecule has 1 amide bonds. The van der Waals surface area contributed by atoms with E-state index in [1.165, 1.54) is 4.31 Å². The van der Waals surface area contributed by atoms with Gasteiger partial charge in [-0.15, -0.1) is 12.4 Å². The standard InChI is InChI=1S/C16H23F2N3O3S.ClH/c1-19-7-10-20(2)16(22)12-5-8-21(9-6-12)25(23,24)13-3-4-14(17)15(18)11-13;/h3-4,11-12,19H,5-10H2,1-2H3;1H. The number of nitrogens with one attached hydrogen (secondary N) is 1. The quantitative estimate of drug-likeness (QED) is 0.769. The Labute approximate surface area is 159 Å². The predicted molar refractivity (Wildman–Crippen MR) is 96.7 cm³/mol. The van der Waals surface area contributed by atoms with Gasteiger partial charge in [0.25, 0.3) is 0 Å². The normalized spacial score (nSPS) is 16.2. The van der Waals surface area contributed by atoms with Gasteiger partial charge in [0.1, 0.15) is 0 Å². The molecule has 0 bridgehead atoms. The SMILES string of the molecule is CNCCN(C)C(=O)C1CCN(S(=O)(=O)c2ccc(F)c(F)c2)CC1.Cl. The summed E-state index contributed by atoms with van der Waals surface area (Å²) in [5.74, 6) is -2.51. The molecule has 26 heavy (non-hydrogen) atoms. The fourth-order valence-corrected chi connectivity index (χ4v) is 4.31. The van der Waals surface area contributed by atoms with Crippen molar-refractivity contribution in [3.8, 4) is 0 Å². The van der Waals surface area contributed by atoms with Crippen molar-refractivity contribution in [2.45, 2.75) is 17.7 Å². The molecule has 1 fully saturated rings. The number of sulfonamides is 1. The predicted octanol–water partition coefficient (Wildman–Crippen LogP) is 1.47. The highest BCUT2D eigenvalue weighted by molar-refractivity contribution is 7.89. The summed E-state index contributed by atoms with van der Waals surface area (Å²) >= 11 is 0. The van der Waals surface area contributed by atoms with Gasteiger partial charge < -0.3 is 10.2 Å². The molecule has 10 heteroatoms. The first kappa shape index (κ1) is 22.8. The first-order valence-corrected chi connectivity index (χ1v) is 9.56. The summed E-state index contributed by atoms with van der Waals surface area (Å²) in [6, 6.07) is 2.54. The van der Waals surface area contributed by atoms with Crippen LogP contribution in [0.3, 0.4) is 0 Å². The molecule has 148 valence electrons. The lowest BCUT2D eigenvalue weighted by atomic mass is 9.97. The average Bonchev–Trinajstić information content (AvgIpc) is 2.61. The molecule has 0 radical (unpaired) electrons. The Balaban J connectivity index is 0.00000338. The Morgan fingerprint density at radius 1 is 1.27 bits per heavy atom. The summed E-state index contributed by atoms with van der Waals surface area (Å²) in [4.78, 5) is 13.7. The molecule has 1 saturated heterocycles. The molecule has 0 spiro atoms. The molecule has 1 aliphatic heterocycles. The van der Waals surface area contributed by atoms with E-state index in [0.29, 0.717) is 32.0 Å². The largest absolute Gasteiger partial charge is 0.344 e. The molecule has 0 saturated carbocycles. The first-order chi connectivity index (χ1) is 11.8. The number of amides is 1. The maximum atomic E-state index is 13.3. The van der Waals surface area contributed by atoms with Crippen molar-refractivity contribution in [1.82, 2.24) is 14.5 Å². The number of carbonyl (C=O) groups excluding carboxylic acids is 1. The fraction of sp³-hybridized carbons (Fsp3) is 0.562. The van der Waals surface area contributed by atoms with Gasteiger partial charge in [-0.1, -0.05) is 0 Å².